The maximum absolute atomic E-state index is 5.73. The first-order chi connectivity index (χ1) is 8.83. The van der Waals surface area contributed by atoms with Crippen molar-refractivity contribution in [1.82, 2.24) is 0 Å². The van der Waals surface area contributed by atoms with E-state index in [1.807, 2.05) is 12.1 Å². The quantitative estimate of drug-likeness (QED) is 0.782. The molecule has 2 radical (unpaired) electrons. The summed E-state index contributed by atoms with van der Waals surface area (Å²) in [5, 5.41) is 0. The van der Waals surface area contributed by atoms with E-state index < -0.39 is 0 Å². The second-order valence-corrected chi connectivity index (χ2v) is 4.87. The molecule has 1 saturated carbocycles. The van der Waals surface area contributed by atoms with Gasteiger partial charge in [0.2, 0.25) is 0 Å². The van der Waals surface area contributed by atoms with Gasteiger partial charge in [0.1, 0.15) is 0 Å². The number of benzene rings is 2. The topological polar surface area (TPSA) is 26.0 Å². The van der Waals surface area contributed by atoms with Crippen LogP contribution in [0.25, 0.3) is 0 Å². The molecule has 0 heterocycles. The molecule has 90 valence electrons. The Kier molecular flexibility index (Phi) is 3.06. The van der Waals surface area contributed by atoms with Crippen LogP contribution >= 0.6 is 0 Å². The van der Waals surface area contributed by atoms with Crippen molar-refractivity contribution in [3.63, 3.8) is 0 Å². The molecule has 0 spiro atoms. The first kappa shape index (κ1) is 11.3. The molecule has 1 nitrogen and oxygen atoms in total. The zero-order valence-electron chi connectivity index (χ0n) is 10.4. The molecule has 2 aromatic carbocycles. The van der Waals surface area contributed by atoms with Crippen molar-refractivity contribution in [1.29, 1.82) is 0 Å². The standard InChI is InChI=1S/C17H17N/c18-17-10-8-14(9-11-17)16-7-6-15(12-16)13-4-2-1-3-5-13/h1-5,8-11H,6-7,12,18H2. The van der Waals surface area contributed by atoms with Gasteiger partial charge in [0.15, 0.2) is 0 Å². The van der Waals surface area contributed by atoms with Crippen LogP contribution < -0.4 is 5.73 Å². The van der Waals surface area contributed by atoms with Crippen molar-refractivity contribution in [3.8, 4) is 0 Å². The summed E-state index contributed by atoms with van der Waals surface area (Å²) in [6.45, 7) is 0. The molecule has 2 aromatic rings. The number of anilines is 1. The van der Waals surface area contributed by atoms with Gasteiger partial charge in [-0.2, -0.15) is 0 Å². The predicted octanol–water partition coefficient (Wildman–Crippen LogP) is 4.00. The fourth-order valence-electron chi connectivity index (χ4n) is 2.62. The molecule has 1 fully saturated rings. The minimum Gasteiger partial charge on any atom is -0.399 e. The molecule has 2 N–H and O–H groups in total. The van der Waals surface area contributed by atoms with Gasteiger partial charge in [-0.1, -0.05) is 42.5 Å². The molecule has 18 heavy (non-hydrogen) atoms. The Balaban J connectivity index is 1.74. The van der Waals surface area contributed by atoms with Gasteiger partial charge in [-0.25, -0.2) is 0 Å². The number of nitrogen functional groups attached to an aromatic ring is 1. The van der Waals surface area contributed by atoms with Crippen LogP contribution in [0.15, 0.2) is 54.6 Å². The van der Waals surface area contributed by atoms with Crippen molar-refractivity contribution in [2.45, 2.75) is 19.3 Å². The Morgan fingerprint density at radius 1 is 0.667 bits per heavy atom. The van der Waals surface area contributed by atoms with E-state index in [9.17, 15) is 0 Å². The smallest absolute Gasteiger partial charge is 0.0314 e. The van der Waals surface area contributed by atoms with Gasteiger partial charge in [-0.15, -0.1) is 0 Å². The van der Waals surface area contributed by atoms with Crippen molar-refractivity contribution in [3.05, 3.63) is 77.6 Å². The Bertz CT molecular complexity index is 501. The highest BCUT2D eigenvalue weighted by Crippen LogP contribution is 2.42. The van der Waals surface area contributed by atoms with Crippen LogP contribution in [0.2, 0.25) is 0 Å². The molecule has 1 aliphatic carbocycles. The van der Waals surface area contributed by atoms with Gasteiger partial charge in [0.25, 0.3) is 0 Å². The van der Waals surface area contributed by atoms with Crippen LogP contribution in [0, 0.1) is 11.8 Å². The van der Waals surface area contributed by atoms with E-state index >= 15 is 0 Å². The summed E-state index contributed by atoms with van der Waals surface area (Å²) < 4.78 is 0. The normalized spacial score (nSPS) is 17.1. The third-order valence-corrected chi connectivity index (χ3v) is 3.66. The fraction of sp³-hybridized carbons (Fsp3) is 0.176. The van der Waals surface area contributed by atoms with Crippen molar-refractivity contribution >= 4 is 5.69 Å². The van der Waals surface area contributed by atoms with Crippen LogP contribution in [0.4, 0.5) is 5.69 Å². The predicted molar refractivity (Wildman–Crippen MR) is 75.8 cm³/mol. The van der Waals surface area contributed by atoms with Gasteiger partial charge in [0, 0.05) is 17.5 Å². The lowest BCUT2D eigenvalue weighted by molar-refractivity contribution is 0.942. The van der Waals surface area contributed by atoms with E-state index in [4.69, 9.17) is 5.73 Å². The second kappa shape index (κ2) is 4.85. The number of hydrogen-bond acceptors (Lipinski definition) is 1. The monoisotopic (exact) mass is 235 g/mol. The van der Waals surface area contributed by atoms with E-state index in [0.717, 1.165) is 12.1 Å². The molecule has 1 aliphatic rings. The summed E-state index contributed by atoms with van der Waals surface area (Å²) >= 11 is 0. The minimum atomic E-state index is 0.838. The molecule has 3 rings (SSSR count). The molecule has 0 unspecified atom stereocenters. The molecule has 0 atom stereocenters. The summed E-state index contributed by atoms with van der Waals surface area (Å²) in [5.41, 5.74) is 9.30. The molecule has 0 bridgehead atoms. The van der Waals surface area contributed by atoms with E-state index in [0.29, 0.717) is 0 Å². The summed E-state index contributed by atoms with van der Waals surface area (Å²) in [6.07, 6.45) is 3.46. The third kappa shape index (κ3) is 2.26. The zero-order chi connectivity index (χ0) is 12.4. The number of hydrogen-bond donors (Lipinski definition) is 1. The highest BCUT2D eigenvalue weighted by atomic mass is 14.5. The highest BCUT2D eigenvalue weighted by molar-refractivity contribution is 5.47. The van der Waals surface area contributed by atoms with Crippen molar-refractivity contribution in [2.75, 3.05) is 5.73 Å². The first-order valence-electron chi connectivity index (χ1n) is 6.43. The van der Waals surface area contributed by atoms with Gasteiger partial charge in [-0.05, 0) is 42.5 Å². The highest BCUT2D eigenvalue weighted by Gasteiger charge is 2.27. The van der Waals surface area contributed by atoms with Crippen LogP contribution in [0.1, 0.15) is 30.4 Å². The van der Waals surface area contributed by atoms with Crippen molar-refractivity contribution < 1.29 is 0 Å². The Hall–Kier alpha value is -1.76. The summed E-state index contributed by atoms with van der Waals surface area (Å²) in [7, 11) is 0. The molecule has 0 aromatic heterocycles. The SMILES string of the molecule is Nc1ccc([C]2CC[C](c3ccccc3)C2)cc1. The number of nitrogens with two attached hydrogens (primary N) is 1. The maximum atomic E-state index is 5.73. The lowest BCUT2D eigenvalue weighted by Crippen LogP contribution is -1.97. The first-order valence-corrected chi connectivity index (χ1v) is 6.43. The third-order valence-electron chi connectivity index (χ3n) is 3.66. The lowest BCUT2D eigenvalue weighted by Gasteiger charge is -2.11. The average molecular weight is 235 g/mol. The van der Waals surface area contributed by atoms with E-state index in [1.165, 1.54) is 29.9 Å². The molecule has 0 amide bonds. The summed E-state index contributed by atoms with van der Waals surface area (Å²) in [5.74, 6) is 3.09. The average Bonchev–Trinajstić information content (AvgIpc) is 2.90. The lowest BCUT2D eigenvalue weighted by atomic mass is 9.93. The maximum Gasteiger partial charge on any atom is 0.0314 e. The molecular weight excluding hydrogens is 218 g/mol. The minimum absolute atomic E-state index is 0.838. The van der Waals surface area contributed by atoms with E-state index in [1.54, 1.807) is 5.92 Å². The second-order valence-electron chi connectivity index (χ2n) is 4.87. The van der Waals surface area contributed by atoms with Gasteiger partial charge in [0.05, 0.1) is 0 Å². The van der Waals surface area contributed by atoms with Gasteiger partial charge in [-0.3, -0.25) is 0 Å². The molecule has 1 heteroatoms. The number of rotatable bonds is 2. The van der Waals surface area contributed by atoms with Gasteiger partial charge >= 0.3 is 0 Å². The van der Waals surface area contributed by atoms with Crippen LogP contribution in [0.5, 0.6) is 0 Å². The largest absolute Gasteiger partial charge is 0.399 e. The summed E-state index contributed by atoms with van der Waals surface area (Å²) in [6, 6.07) is 19.0. The van der Waals surface area contributed by atoms with Crippen LogP contribution in [-0.2, 0) is 0 Å². The van der Waals surface area contributed by atoms with E-state index in [-0.39, 0.29) is 0 Å². The Labute approximate surface area is 109 Å². The van der Waals surface area contributed by atoms with Gasteiger partial charge < -0.3 is 5.73 Å². The molecular formula is C17H17N. The Morgan fingerprint density at radius 2 is 1.22 bits per heavy atom. The summed E-state index contributed by atoms with van der Waals surface area (Å²) in [4.78, 5) is 0. The molecule has 0 aliphatic heterocycles. The van der Waals surface area contributed by atoms with Crippen LogP contribution in [-0.4, -0.2) is 0 Å². The van der Waals surface area contributed by atoms with Crippen molar-refractivity contribution in [2.24, 2.45) is 0 Å². The Morgan fingerprint density at radius 3 is 1.83 bits per heavy atom. The van der Waals surface area contributed by atoms with Crippen LogP contribution in [0.3, 0.4) is 0 Å². The zero-order valence-corrected chi connectivity index (χ0v) is 10.4. The molecule has 0 saturated heterocycles. The van der Waals surface area contributed by atoms with E-state index in [2.05, 4.69) is 42.5 Å². The fourth-order valence-corrected chi connectivity index (χ4v) is 2.62.